The van der Waals surface area contributed by atoms with Gasteiger partial charge in [-0.2, -0.15) is 13.2 Å². The molecule has 0 saturated carbocycles. The second-order valence-corrected chi connectivity index (χ2v) is 5.64. The Morgan fingerprint density at radius 3 is 2.76 bits per heavy atom. The van der Waals surface area contributed by atoms with E-state index in [0.717, 1.165) is 17.8 Å². The van der Waals surface area contributed by atoms with Crippen molar-refractivity contribution in [1.82, 2.24) is 15.2 Å². The first kappa shape index (κ1) is 15.8. The number of rotatable bonds is 4. The summed E-state index contributed by atoms with van der Waals surface area (Å²) in [6.07, 6.45) is -4.49. The first-order valence-corrected chi connectivity index (χ1v) is 7.19. The fourth-order valence-electron chi connectivity index (χ4n) is 1.46. The van der Waals surface area contributed by atoms with Crippen LogP contribution in [0.1, 0.15) is 5.56 Å². The number of aromatic amines is 1. The van der Waals surface area contributed by atoms with Crippen molar-refractivity contribution >= 4 is 33.7 Å². The van der Waals surface area contributed by atoms with Crippen molar-refractivity contribution in [3.05, 3.63) is 28.2 Å². The molecule has 0 fully saturated rings. The van der Waals surface area contributed by atoms with E-state index in [9.17, 15) is 18.0 Å². The lowest BCUT2D eigenvalue weighted by Gasteiger charge is -2.09. The van der Waals surface area contributed by atoms with Crippen LogP contribution >= 0.6 is 27.7 Å². The van der Waals surface area contributed by atoms with E-state index in [1.807, 2.05) is 0 Å². The molecule has 0 atom stereocenters. The first-order chi connectivity index (χ1) is 9.77. The van der Waals surface area contributed by atoms with Crippen molar-refractivity contribution in [2.45, 2.75) is 11.3 Å². The Hall–Kier alpha value is -1.55. The summed E-state index contributed by atoms with van der Waals surface area (Å²) < 4.78 is 38.4. The number of thioether (sulfide) groups is 1. The van der Waals surface area contributed by atoms with E-state index < -0.39 is 17.7 Å². The minimum Gasteiger partial charge on any atom is -0.481 e. The number of hydrogen-bond acceptors (Lipinski definition) is 4. The molecule has 0 spiro atoms. The molecule has 0 saturated heterocycles. The van der Waals surface area contributed by atoms with Crippen LogP contribution < -0.4 is 0 Å². The molecule has 0 radical (unpaired) electrons. The molecule has 2 N–H and O–H groups in total. The molecule has 0 aliphatic heterocycles. The summed E-state index contributed by atoms with van der Waals surface area (Å²) in [6.45, 7) is 0. The van der Waals surface area contributed by atoms with Crippen LogP contribution in [0, 0.1) is 0 Å². The molecule has 2 aromatic rings. The minimum absolute atomic E-state index is 0.0706. The van der Waals surface area contributed by atoms with E-state index in [0.29, 0.717) is 0 Å². The number of aromatic nitrogens is 3. The van der Waals surface area contributed by atoms with E-state index in [1.165, 1.54) is 12.1 Å². The normalized spacial score (nSPS) is 11.6. The maximum absolute atomic E-state index is 12.8. The number of nitrogens with zero attached hydrogens (tertiary/aromatic N) is 2. The van der Waals surface area contributed by atoms with Crippen LogP contribution in [0.5, 0.6) is 0 Å². The van der Waals surface area contributed by atoms with Gasteiger partial charge in [-0.3, -0.25) is 9.89 Å². The number of carboxylic acid groups (broad SMARTS) is 1. The van der Waals surface area contributed by atoms with Gasteiger partial charge in [0.25, 0.3) is 0 Å². The molecule has 21 heavy (non-hydrogen) atoms. The smallest absolute Gasteiger partial charge is 0.417 e. The Morgan fingerprint density at radius 2 is 2.14 bits per heavy atom. The molecule has 0 bridgehead atoms. The summed E-state index contributed by atoms with van der Waals surface area (Å²) in [5, 5.41) is 14.9. The Morgan fingerprint density at radius 1 is 1.43 bits per heavy atom. The van der Waals surface area contributed by atoms with Crippen molar-refractivity contribution in [3.63, 3.8) is 0 Å². The number of carbonyl (C=O) groups is 1. The average Bonchev–Trinajstić information content (AvgIpc) is 2.84. The van der Waals surface area contributed by atoms with Gasteiger partial charge in [-0.25, -0.2) is 4.98 Å². The van der Waals surface area contributed by atoms with Gasteiger partial charge in [-0.05, 0) is 12.1 Å². The van der Waals surface area contributed by atoms with Gasteiger partial charge >= 0.3 is 12.1 Å². The molecular formula is C11H7BrF3N3O2S. The Balaban J connectivity index is 2.28. The minimum atomic E-state index is -4.49. The highest BCUT2D eigenvalue weighted by Gasteiger charge is 2.33. The van der Waals surface area contributed by atoms with Gasteiger partial charge in [0.2, 0.25) is 5.16 Å². The van der Waals surface area contributed by atoms with Crippen LogP contribution in [0.25, 0.3) is 11.4 Å². The van der Waals surface area contributed by atoms with Crippen molar-refractivity contribution in [2.75, 3.05) is 5.75 Å². The quantitative estimate of drug-likeness (QED) is 0.793. The number of benzene rings is 1. The molecule has 1 heterocycles. The average molecular weight is 382 g/mol. The molecule has 5 nitrogen and oxygen atoms in total. The van der Waals surface area contributed by atoms with Gasteiger partial charge in [0.05, 0.1) is 11.3 Å². The second-order valence-electron chi connectivity index (χ2n) is 3.84. The molecule has 10 heteroatoms. The SMILES string of the molecule is O=C(O)CSc1n[nH]c(-c2ccc(Br)c(C(F)(F)F)c2)n1. The fourth-order valence-corrected chi connectivity index (χ4v) is 2.45. The van der Waals surface area contributed by atoms with E-state index in [-0.39, 0.29) is 26.8 Å². The molecule has 0 aliphatic rings. The molecular weight excluding hydrogens is 375 g/mol. The van der Waals surface area contributed by atoms with Crippen molar-refractivity contribution < 1.29 is 23.1 Å². The lowest BCUT2D eigenvalue weighted by atomic mass is 10.1. The number of nitrogens with one attached hydrogen (secondary N) is 1. The first-order valence-electron chi connectivity index (χ1n) is 5.41. The van der Waals surface area contributed by atoms with E-state index in [1.54, 1.807) is 0 Å². The molecule has 1 aromatic carbocycles. The lowest BCUT2D eigenvalue weighted by Crippen LogP contribution is -2.06. The number of hydrogen-bond donors (Lipinski definition) is 2. The van der Waals surface area contributed by atoms with Crippen molar-refractivity contribution in [3.8, 4) is 11.4 Å². The van der Waals surface area contributed by atoms with Crippen LogP contribution in [0.4, 0.5) is 13.2 Å². The van der Waals surface area contributed by atoms with Gasteiger partial charge in [-0.15, -0.1) is 5.10 Å². The number of H-pyrrole nitrogens is 1. The largest absolute Gasteiger partial charge is 0.481 e. The maximum Gasteiger partial charge on any atom is 0.417 e. The van der Waals surface area contributed by atoms with Crippen molar-refractivity contribution in [2.24, 2.45) is 0 Å². The van der Waals surface area contributed by atoms with Crippen LogP contribution in [0.2, 0.25) is 0 Å². The summed E-state index contributed by atoms with van der Waals surface area (Å²) in [5.74, 6) is -1.12. The summed E-state index contributed by atoms with van der Waals surface area (Å²) in [6, 6.07) is 3.66. The summed E-state index contributed by atoms with van der Waals surface area (Å²) in [5.41, 5.74) is -0.615. The predicted molar refractivity (Wildman–Crippen MR) is 72.9 cm³/mol. The monoisotopic (exact) mass is 381 g/mol. The molecule has 0 unspecified atom stereocenters. The number of alkyl halides is 3. The highest BCUT2D eigenvalue weighted by atomic mass is 79.9. The van der Waals surface area contributed by atoms with Crippen LogP contribution in [0.15, 0.2) is 27.8 Å². The van der Waals surface area contributed by atoms with Gasteiger partial charge in [-0.1, -0.05) is 33.8 Å². The van der Waals surface area contributed by atoms with Gasteiger partial charge < -0.3 is 5.11 Å². The fraction of sp³-hybridized carbons (Fsp3) is 0.182. The zero-order chi connectivity index (χ0) is 15.6. The molecule has 1 aromatic heterocycles. The third-order valence-corrected chi connectivity index (χ3v) is 3.86. The number of aliphatic carboxylic acids is 1. The van der Waals surface area contributed by atoms with Crippen LogP contribution in [-0.4, -0.2) is 32.0 Å². The summed E-state index contributed by atoms with van der Waals surface area (Å²) in [4.78, 5) is 14.4. The number of carboxylic acids is 1. The van der Waals surface area contributed by atoms with Gasteiger partial charge in [0.1, 0.15) is 0 Å². The second kappa shape index (κ2) is 6.06. The Bertz CT molecular complexity index is 675. The zero-order valence-electron chi connectivity index (χ0n) is 10.1. The Labute approximate surface area is 129 Å². The summed E-state index contributed by atoms with van der Waals surface area (Å²) >= 11 is 3.72. The molecule has 0 aliphatic carbocycles. The highest BCUT2D eigenvalue weighted by Crippen LogP contribution is 2.36. The van der Waals surface area contributed by atoms with Crippen LogP contribution in [-0.2, 0) is 11.0 Å². The predicted octanol–water partition coefficient (Wildman–Crippen LogP) is 3.43. The van der Waals surface area contributed by atoms with Gasteiger partial charge in [0.15, 0.2) is 5.82 Å². The van der Waals surface area contributed by atoms with Crippen LogP contribution in [0.3, 0.4) is 0 Å². The zero-order valence-corrected chi connectivity index (χ0v) is 12.5. The lowest BCUT2D eigenvalue weighted by molar-refractivity contribution is -0.138. The van der Waals surface area contributed by atoms with E-state index in [2.05, 4.69) is 31.1 Å². The topological polar surface area (TPSA) is 78.9 Å². The Kier molecular flexibility index (Phi) is 4.57. The third kappa shape index (κ3) is 3.97. The maximum atomic E-state index is 12.8. The standard InChI is InChI=1S/C11H7BrF3N3O2S/c12-7-2-1-5(3-6(7)11(13,14)15)9-16-10(18-17-9)21-4-8(19)20/h1-3H,4H2,(H,19,20)(H,16,17,18). The highest BCUT2D eigenvalue weighted by molar-refractivity contribution is 9.10. The number of halogens is 4. The van der Waals surface area contributed by atoms with Crippen molar-refractivity contribution in [1.29, 1.82) is 0 Å². The van der Waals surface area contributed by atoms with Gasteiger partial charge in [0, 0.05) is 10.0 Å². The molecule has 2 rings (SSSR count). The summed E-state index contributed by atoms with van der Waals surface area (Å²) in [7, 11) is 0. The molecule has 112 valence electrons. The molecule has 0 amide bonds. The van der Waals surface area contributed by atoms with E-state index >= 15 is 0 Å². The third-order valence-electron chi connectivity index (χ3n) is 2.33. The van der Waals surface area contributed by atoms with E-state index in [4.69, 9.17) is 5.11 Å².